The lowest BCUT2D eigenvalue weighted by Gasteiger charge is -2.35. The molecule has 2 saturated carbocycles. The van der Waals surface area contributed by atoms with E-state index in [9.17, 15) is 4.79 Å². The van der Waals surface area contributed by atoms with Crippen LogP contribution in [0.25, 0.3) is 0 Å². The molecule has 0 saturated heterocycles. The van der Waals surface area contributed by atoms with Gasteiger partial charge >= 0.3 is 0 Å². The molecule has 1 amide bonds. The summed E-state index contributed by atoms with van der Waals surface area (Å²) in [6.45, 7) is 0. The molecular formula is C14H25NO. The molecule has 0 unspecified atom stereocenters. The summed E-state index contributed by atoms with van der Waals surface area (Å²) in [5.74, 6) is 1.39. The van der Waals surface area contributed by atoms with Gasteiger partial charge in [0.05, 0.1) is 0 Å². The summed E-state index contributed by atoms with van der Waals surface area (Å²) in [4.78, 5) is 11.7. The van der Waals surface area contributed by atoms with E-state index >= 15 is 0 Å². The molecule has 2 heteroatoms. The molecule has 0 atom stereocenters. The smallest absolute Gasteiger partial charge is 0.221 e. The van der Waals surface area contributed by atoms with Crippen molar-refractivity contribution in [3.8, 4) is 0 Å². The molecule has 2 fully saturated rings. The van der Waals surface area contributed by atoms with Gasteiger partial charge in [-0.25, -0.2) is 0 Å². The molecule has 0 spiro atoms. The number of hydrogen-bond donors (Lipinski definition) is 1. The van der Waals surface area contributed by atoms with Gasteiger partial charge < -0.3 is 5.73 Å². The number of rotatable bonds is 3. The lowest BCUT2D eigenvalue weighted by molar-refractivity contribution is -0.126. The minimum absolute atomic E-state index is 0.0150. The number of carbonyl (C=O) groups excluding carboxylic acids is 1. The van der Waals surface area contributed by atoms with Crippen molar-refractivity contribution in [2.24, 2.45) is 23.5 Å². The highest BCUT2D eigenvalue weighted by atomic mass is 16.1. The molecule has 0 aliphatic heterocycles. The van der Waals surface area contributed by atoms with Gasteiger partial charge in [-0.2, -0.15) is 0 Å². The van der Waals surface area contributed by atoms with Gasteiger partial charge in [0.25, 0.3) is 0 Å². The van der Waals surface area contributed by atoms with Gasteiger partial charge in [0.15, 0.2) is 0 Å². The van der Waals surface area contributed by atoms with Crippen LogP contribution in [0.3, 0.4) is 0 Å². The standard InChI is InChI=1S/C14H25NO/c15-14(16)13(11-7-3-1-4-8-11)12-9-5-2-6-10-12/h11-13H,1-10H2,(H2,15,16). The van der Waals surface area contributed by atoms with Crippen LogP contribution in [0.15, 0.2) is 0 Å². The van der Waals surface area contributed by atoms with Crippen molar-refractivity contribution in [3.05, 3.63) is 0 Å². The van der Waals surface area contributed by atoms with Crippen LogP contribution in [0.2, 0.25) is 0 Å². The average Bonchev–Trinajstić information content (AvgIpc) is 2.31. The van der Waals surface area contributed by atoms with Crippen molar-refractivity contribution >= 4 is 5.91 Å². The van der Waals surface area contributed by atoms with Crippen LogP contribution in [-0.2, 0) is 4.79 Å². The number of amides is 1. The zero-order valence-electron chi connectivity index (χ0n) is 10.3. The number of nitrogens with two attached hydrogens (primary N) is 1. The van der Waals surface area contributed by atoms with Gasteiger partial charge in [0, 0.05) is 5.92 Å². The number of primary amides is 1. The van der Waals surface area contributed by atoms with Crippen LogP contribution in [0, 0.1) is 17.8 Å². The van der Waals surface area contributed by atoms with E-state index in [-0.39, 0.29) is 11.8 Å². The fourth-order valence-electron chi connectivity index (χ4n) is 3.84. The van der Waals surface area contributed by atoms with E-state index in [2.05, 4.69) is 0 Å². The molecule has 0 heterocycles. The predicted octanol–water partition coefficient (Wildman–Crippen LogP) is 3.25. The van der Waals surface area contributed by atoms with Gasteiger partial charge in [-0.3, -0.25) is 4.79 Å². The molecule has 2 N–H and O–H groups in total. The van der Waals surface area contributed by atoms with E-state index in [0.717, 1.165) is 0 Å². The molecule has 0 aromatic carbocycles. The lowest BCUT2D eigenvalue weighted by atomic mass is 9.69. The quantitative estimate of drug-likeness (QED) is 0.784. The summed E-state index contributed by atoms with van der Waals surface area (Å²) in [6, 6.07) is 0. The maximum atomic E-state index is 11.7. The maximum Gasteiger partial charge on any atom is 0.221 e. The first-order valence-electron chi connectivity index (χ1n) is 7.08. The van der Waals surface area contributed by atoms with E-state index in [0.29, 0.717) is 11.8 Å². The molecule has 2 aliphatic carbocycles. The number of carbonyl (C=O) groups is 1. The minimum Gasteiger partial charge on any atom is -0.369 e. The summed E-state index contributed by atoms with van der Waals surface area (Å²) in [6.07, 6.45) is 12.9. The molecule has 92 valence electrons. The summed E-state index contributed by atoms with van der Waals surface area (Å²) in [5, 5.41) is 0. The Morgan fingerprint density at radius 2 is 1.19 bits per heavy atom. The van der Waals surface area contributed by atoms with E-state index in [1.165, 1.54) is 64.2 Å². The first-order valence-corrected chi connectivity index (χ1v) is 7.08. The first kappa shape index (κ1) is 11.9. The molecule has 16 heavy (non-hydrogen) atoms. The third-order valence-electron chi connectivity index (χ3n) is 4.64. The maximum absolute atomic E-state index is 11.7. The lowest BCUT2D eigenvalue weighted by Crippen LogP contribution is -2.37. The zero-order valence-corrected chi connectivity index (χ0v) is 10.3. The highest BCUT2D eigenvalue weighted by Gasteiger charge is 2.34. The Bertz CT molecular complexity index is 209. The molecule has 0 aromatic rings. The molecule has 2 nitrogen and oxygen atoms in total. The van der Waals surface area contributed by atoms with E-state index in [4.69, 9.17) is 5.73 Å². The van der Waals surface area contributed by atoms with Crippen molar-refractivity contribution in [1.82, 2.24) is 0 Å². The van der Waals surface area contributed by atoms with Crippen LogP contribution in [-0.4, -0.2) is 5.91 Å². The Balaban J connectivity index is 1.99. The normalized spacial score (nSPS) is 24.8. The second-order valence-electron chi connectivity index (χ2n) is 5.72. The van der Waals surface area contributed by atoms with Crippen LogP contribution < -0.4 is 5.73 Å². The van der Waals surface area contributed by atoms with Gasteiger partial charge in [0.1, 0.15) is 0 Å². The fourth-order valence-corrected chi connectivity index (χ4v) is 3.84. The topological polar surface area (TPSA) is 43.1 Å². The second kappa shape index (κ2) is 5.70. The predicted molar refractivity (Wildman–Crippen MR) is 65.8 cm³/mol. The van der Waals surface area contributed by atoms with Crippen LogP contribution >= 0.6 is 0 Å². The molecule has 0 aromatic heterocycles. The number of hydrogen-bond acceptors (Lipinski definition) is 1. The van der Waals surface area contributed by atoms with Gasteiger partial charge in [-0.1, -0.05) is 38.5 Å². The van der Waals surface area contributed by atoms with Crippen molar-refractivity contribution < 1.29 is 4.79 Å². The minimum atomic E-state index is -0.0150. The molecule has 0 bridgehead atoms. The Labute approximate surface area is 99.0 Å². The highest BCUT2D eigenvalue weighted by Crippen LogP contribution is 2.39. The third kappa shape index (κ3) is 2.78. The zero-order chi connectivity index (χ0) is 11.4. The molecule has 0 radical (unpaired) electrons. The molecule has 2 aliphatic rings. The Morgan fingerprint density at radius 1 is 0.812 bits per heavy atom. The van der Waals surface area contributed by atoms with Crippen LogP contribution in [0.4, 0.5) is 0 Å². The average molecular weight is 223 g/mol. The van der Waals surface area contributed by atoms with Gasteiger partial charge in [-0.15, -0.1) is 0 Å². The fraction of sp³-hybridized carbons (Fsp3) is 0.929. The highest BCUT2D eigenvalue weighted by molar-refractivity contribution is 5.77. The SMILES string of the molecule is NC(=O)C(C1CCCCC1)C1CCCCC1. The summed E-state index contributed by atoms with van der Waals surface area (Å²) in [7, 11) is 0. The van der Waals surface area contributed by atoms with E-state index in [1.54, 1.807) is 0 Å². The van der Waals surface area contributed by atoms with Gasteiger partial charge in [0.2, 0.25) is 5.91 Å². The van der Waals surface area contributed by atoms with Crippen molar-refractivity contribution in [2.45, 2.75) is 64.2 Å². The van der Waals surface area contributed by atoms with Crippen molar-refractivity contribution in [3.63, 3.8) is 0 Å². The summed E-state index contributed by atoms with van der Waals surface area (Å²) < 4.78 is 0. The van der Waals surface area contributed by atoms with Crippen molar-refractivity contribution in [1.29, 1.82) is 0 Å². The Hall–Kier alpha value is -0.530. The van der Waals surface area contributed by atoms with Crippen LogP contribution in [0.5, 0.6) is 0 Å². The van der Waals surface area contributed by atoms with Crippen LogP contribution in [0.1, 0.15) is 64.2 Å². The van der Waals surface area contributed by atoms with E-state index < -0.39 is 0 Å². The molecule has 2 rings (SSSR count). The Morgan fingerprint density at radius 3 is 1.50 bits per heavy atom. The Kier molecular flexibility index (Phi) is 4.25. The summed E-state index contributed by atoms with van der Waals surface area (Å²) >= 11 is 0. The second-order valence-corrected chi connectivity index (χ2v) is 5.72. The first-order chi connectivity index (χ1) is 7.79. The van der Waals surface area contributed by atoms with Gasteiger partial charge in [-0.05, 0) is 37.5 Å². The third-order valence-corrected chi connectivity index (χ3v) is 4.64. The molecular weight excluding hydrogens is 198 g/mol. The van der Waals surface area contributed by atoms with E-state index in [1.807, 2.05) is 0 Å². The summed E-state index contributed by atoms with van der Waals surface area (Å²) in [5.41, 5.74) is 5.66. The van der Waals surface area contributed by atoms with Crippen molar-refractivity contribution in [2.75, 3.05) is 0 Å². The largest absolute Gasteiger partial charge is 0.369 e. The monoisotopic (exact) mass is 223 g/mol.